The van der Waals surface area contributed by atoms with Gasteiger partial charge in [-0.25, -0.2) is 23.1 Å². The van der Waals surface area contributed by atoms with E-state index in [1.54, 1.807) is 23.0 Å². The fraction of sp³-hybridized carbons (Fsp3) is 0.391. The third-order valence-corrected chi connectivity index (χ3v) is 5.51. The molecule has 0 saturated carbocycles. The van der Waals surface area contributed by atoms with Gasteiger partial charge in [-0.05, 0) is 43.4 Å². The highest BCUT2D eigenvalue weighted by Gasteiger charge is 2.33. The molecule has 0 N–H and O–H groups in total. The average Bonchev–Trinajstić information content (AvgIpc) is 3.24. The highest BCUT2D eigenvalue weighted by atomic mass is 19.3. The molecule has 0 spiro atoms. The van der Waals surface area contributed by atoms with E-state index < -0.39 is 24.3 Å². The summed E-state index contributed by atoms with van der Waals surface area (Å²) in [6.07, 6.45) is 5.86. The fourth-order valence-electron chi connectivity index (χ4n) is 3.83. The van der Waals surface area contributed by atoms with E-state index in [0.29, 0.717) is 29.7 Å². The number of hydrogen-bond donors (Lipinski definition) is 0. The van der Waals surface area contributed by atoms with Crippen molar-refractivity contribution in [1.29, 1.82) is 0 Å². The van der Waals surface area contributed by atoms with Gasteiger partial charge >= 0.3 is 0 Å². The van der Waals surface area contributed by atoms with Gasteiger partial charge in [-0.3, -0.25) is 9.48 Å². The number of aryl methyl sites for hydroxylation is 2. The number of benzene rings is 1. The maximum Gasteiger partial charge on any atom is 0.278 e. The second-order valence-electron chi connectivity index (χ2n) is 8.05. The molecule has 0 radical (unpaired) electrons. The minimum Gasteiger partial charge on any atom is -0.471 e. The summed E-state index contributed by atoms with van der Waals surface area (Å²) >= 11 is 0. The molecule has 6 nitrogen and oxygen atoms in total. The number of alkyl halides is 2. The highest BCUT2D eigenvalue weighted by molar-refractivity contribution is 6.01. The lowest BCUT2D eigenvalue weighted by Crippen LogP contribution is -2.28. The Balaban J connectivity index is 1.54. The van der Waals surface area contributed by atoms with Crippen LogP contribution in [0, 0.1) is 11.7 Å². The van der Waals surface area contributed by atoms with Gasteiger partial charge in [-0.1, -0.05) is 12.1 Å². The minimum atomic E-state index is -3.06. The maximum atomic E-state index is 14.9. The summed E-state index contributed by atoms with van der Waals surface area (Å²) in [7, 11) is 0. The topological polar surface area (TPSA) is 69.9 Å². The highest BCUT2D eigenvalue weighted by Crippen LogP contribution is 2.33. The van der Waals surface area contributed by atoms with Crippen molar-refractivity contribution in [3.05, 3.63) is 59.6 Å². The Morgan fingerprint density at radius 2 is 2.06 bits per heavy atom. The normalized spacial score (nSPS) is 16.2. The zero-order valence-corrected chi connectivity index (χ0v) is 17.8. The molecular formula is C23H23F3N4O2. The van der Waals surface area contributed by atoms with Crippen LogP contribution in [0.25, 0.3) is 11.1 Å². The summed E-state index contributed by atoms with van der Waals surface area (Å²) in [5.74, 6) is -4.44. The van der Waals surface area contributed by atoms with Crippen LogP contribution in [0.5, 0.6) is 5.88 Å². The van der Waals surface area contributed by atoms with Gasteiger partial charge in [0.1, 0.15) is 17.7 Å². The number of hydrogen-bond acceptors (Lipinski definition) is 5. The van der Waals surface area contributed by atoms with Crippen LogP contribution in [0.2, 0.25) is 0 Å². The van der Waals surface area contributed by atoms with Gasteiger partial charge in [0, 0.05) is 31.1 Å². The third kappa shape index (κ3) is 4.66. The first-order valence-corrected chi connectivity index (χ1v) is 10.4. The molecule has 0 fully saturated rings. The van der Waals surface area contributed by atoms with Crippen LogP contribution in [0.1, 0.15) is 41.9 Å². The summed E-state index contributed by atoms with van der Waals surface area (Å²) < 4.78 is 48.2. The zero-order chi connectivity index (χ0) is 22.9. The molecule has 4 rings (SSSR count). The van der Waals surface area contributed by atoms with Gasteiger partial charge in [0.15, 0.2) is 12.4 Å². The van der Waals surface area contributed by atoms with Crippen molar-refractivity contribution in [1.82, 2.24) is 19.7 Å². The molecule has 0 saturated heterocycles. The van der Waals surface area contributed by atoms with Gasteiger partial charge in [0.2, 0.25) is 5.88 Å². The first kappa shape index (κ1) is 22.0. The van der Waals surface area contributed by atoms with E-state index in [1.165, 1.54) is 12.4 Å². The van der Waals surface area contributed by atoms with Gasteiger partial charge < -0.3 is 4.74 Å². The first-order chi connectivity index (χ1) is 15.2. The number of aromatic nitrogens is 4. The molecule has 9 heteroatoms. The second-order valence-corrected chi connectivity index (χ2v) is 8.05. The van der Waals surface area contributed by atoms with Gasteiger partial charge in [0.05, 0.1) is 11.9 Å². The van der Waals surface area contributed by atoms with Crippen LogP contribution in [0.3, 0.4) is 0 Å². The summed E-state index contributed by atoms with van der Waals surface area (Å²) in [5, 5.41) is 4.21. The largest absolute Gasteiger partial charge is 0.471 e. The van der Waals surface area contributed by atoms with E-state index in [4.69, 9.17) is 4.74 Å². The molecule has 32 heavy (non-hydrogen) atoms. The quantitative estimate of drug-likeness (QED) is 0.536. The Morgan fingerprint density at radius 3 is 2.75 bits per heavy atom. The lowest BCUT2D eigenvalue weighted by molar-refractivity contribution is -0.0246. The third-order valence-electron chi connectivity index (χ3n) is 5.51. The van der Waals surface area contributed by atoms with Gasteiger partial charge in [-0.15, -0.1) is 0 Å². The van der Waals surface area contributed by atoms with Gasteiger partial charge in [0.25, 0.3) is 5.92 Å². The van der Waals surface area contributed by atoms with Crippen molar-refractivity contribution < 1.29 is 22.7 Å². The average molecular weight is 444 g/mol. The van der Waals surface area contributed by atoms with Gasteiger partial charge in [-0.2, -0.15) is 5.10 Å². The molecule has 0 aliphatic heterocycles. The van der Waals surface area contributed by atoms with Crippen LogP contribution in [-0.4, -0.2) is 38.1 Å². The van der Waals surface area contributed by atoms with E-state index in [-0.39, 0.29) is 23.6 Å². The molecule has 1 atom stereocenters. The van der Waals surface area contributed by atoms with Crippen molar-refractivity contribution in [2.45, 2.75) is 45.6 Å². The SMILES string of the molecule is CCn1cc(-c2ccc(CC3CCc4ncnc(OCC(C)(F)F)c4C3=O)c(F)c2)cn1. The molecule has 2 heterocycles. The number of ether oxygens (including phenoxy) is 1. The number of halogens is 3. The molecule has 1 unspecified atom stereocenters. The summed E-state index contributed by atoms with van der Waals surface area (Å²) in [6.45, 7) is 2.52. The zero-order valence-electron chi connectivity index (χ0n) is 17.8. The van der Waals surface area contributed by atoms with Crippen LogP contribution >= 0.6 is 0 Å². The fourth-order valence-corrected chi connectivity index (χ4v) is 3.83. The second kappa shape index (κ2) is 8.72. The van der Waals surface area contributed by atoms with Crippen LogP contribution in [0.4, 0.5) is 13.2 Å². The molecule has 0 bridgehead atoms. The monoisotopic (exact) mass is 444 g/mol. The number of rotatable bonds is 7. The summed E-state index contributed by atoms with van der Waals surface area (Å²) in [6, 6.07) is 4.92. The predicted molar refractivity (Wildman–Crippen MR) is 111 cm³/mol. The van der Waals surface area contributed by atoms with Crippen LogP contribution < -0.4 is 4.74 Å². The molecule has 1 aromatic carbocycles. The van der Waals surface area contributed by atoms with Crippen molar-refractivity contribution in [2.75, 3.05) is 6.61 Å². The van der Waals surface area contributed by atoms with Crippen molar-refractivity contribution in [3.63, 3.8) is 0 Å². The Morgan fingerprint density at radius 1 is 1.25 bits per heavy atom. The molecule has 0 amide bonds. The Kier molecular flexibility index (Phi) is 5.99. The van der Waals surface area contributed by atoms with Crippen molar-refractivity contribution >= 4 is 5.78 Å². The molecule has 3 aromatic rings. The molecule has 2 aromatic heterocycles. The van der Waals surface area contributed by atoms with Crippen LogP contribution in [-0.2, 0) is 19.4 Å². The van der Waals surface area contributed by atoms with E-state index in [9.17, 15) is 18.0 Å². The molecule has 1 aliphatic rings. The minimum absolute atomic E-state index is 0.122. The maximum absolute atomic E-state index is 14.9. The van der Waals surface area contributed by atoms with E-state index in [2.05, 4.69) is 15.1 Å². The Hall–Kier alpha value is -3.23. The predicted octanol–water partition coefficient (Wildman–Crippen LogP) is 4.52. The smallest absolute Gasteiger partial charge is 0.278 e. The standard InChI is InChI=1S/C23H23F3N4O2/c1-3-30-11-17(10-29-30)14-4-5-15(18(24)9-14)8-16-6-7-19-20(21(16)31)22(28-13-27-19)32-12-23(2,25)26/h4-5,9-11,13,16H,3,6-8,12H2,1-2H3. The summed E-state index contributed by atoms with van der Waals surface area (Å²) in [5.41, 5.74) is 2.52. The Labute approximate surface area is 183 Å². The number of fused-ring (bicyclic) bond motifs is 1. The number of nitrogens with zero attached hydrogens (tertiary/aromatic N) is 4. The van der Waals surface area contributed by atoms with E-state index >= 15 is 0 Å². The molecule has 1 aliphatic carbocycles. The van der Waals surface area contributed by atoms with E-state index in [1.807, 2.05) is 13.1 Å². The molecule has 168 valence electrons. The summed E-state index contributed by atoms with van der Waals surface area (Å²) in [4.78, 5) is 21.1. The number of carbonyl (C=O) groups is 1. The first-order valence-electron chi connectivity index (χ1n) is 10.4. The van der Waals surface area contributed by atoms with Crippen LogP contribution in [0.15, 0.2) is 36.9 Å². The number of Topliss-reactive ketones (excluding diaryl/α,β-unsaturated/α-hetero) is 1. The number of carbonyl (C=O) groups excluding carboxylic acids is 1. The van der Waals surface area contributed by atoms with Crippen molar-refractivity contribution in [3.8, 4) is 17.0 Å². The number of ketones is 1. The lowest BCUT2D eigenvalue weighted by atomic mass is 9.81. The van der Waals surface area contributed by atoms with E-state index in [0.717, 1.165) is 19.0 Å². The van der Waals surface area contributed by atoms with Crippen molar-refractivity contribution in [2.24, 2.45) is 5.92 Å². The lowest BCUT2D eigenvalue weighted by Gasteiger charge is -2.24. The molecular weight excluding hydrogens is 421 g/mol. The Bertz CT molecular complexity index is 1140.